The van der Waals surface area contributed by atoms with Gasteiger partial charge < -0.3 is 5.32 Å². The van der Waals surface area contributed by atoms with Gasteiger partial charge in [-0.3, -0.25) is 0 Å². The molecule has 0 radical (unpaired) electrons. The zero-order valence-corrected chi connectivity index (χ0v) is 11.4. The lowest BCUT2D eigenvalue weighted by molar-refractivity contribution is 0.253. The van der Waals surface area contributed by atoms with Gasteiger partial charge >= 0.3 is 0 Å². The van der Waals surface area contributed by atoms with Crippen LogP contribution in [0.1, 0.15) is 50.2 Å². The molecule has 1 N–H and O–H groups in total. The highest BCUT2D eigenvalue weighted by Crippen LogP contribution is 2.33. The Morgan fingerprint density at radius 3 is 2.69 bits per heavy atom. The molecule has 1 aliphatic rings. The fourth-order valence-electron chi connectivity index (χ4n) is 2.60. The van der Waals surface area contributed by atoms with Crippen LogP contribution in [0.15, 0.2) is 5.38 Å². The van der Waals surface area contributed by atoms with Crippen molar-refractivity contribution in [1.82, 2.24) is 10.3 Å². The van der Waals surface area contributed by atoms with E-state index in [9.17, 15) is 0 Å². The molecule has 1 saturated carbocycles. The van der Waals surface area contributed by atoms with Crippen molar-refractivity contribution in [3.63, 3.8) is 0 Å². The molecule has 90 valence electrons. The van der Waals surface area contributed by atoms with E-state index in [1.165, 1.54) is 31.4 Å². The smallest absolute Gasteiger partial charge is 0.0897 e. The first-order valence-electron chi connectivity index (χ1n) is 6.24. The molecule has 0 spiro atoms. The van der Waals surface area contributed by atoms with Gasteiger partial charge in [-0.25, -0.2) is 4.98 Å². The van der Waals surface area contributed by atoms with Crippen molar-refractivity contribution in [2.24, 2.45) is 5.92 Å². The van der Waals surface area contributed by atoms with E-state index >= 15 is 0 Å². The Morgan fingerprint density at radius 2 is 2.12 bits per heavy atom. The number of aromatic nitrogens is 1. The summed E-state index contributed by atoms with van der Waals surface area (Å²) < 4.78 is 0. The average molecular weight is 238 g/mol. The topological polar surface area (TPSA) is 24.9 Å². The van der Waals surface area contributed by atoms with Crippen LogP contribution in [0, 0.1) is 12.8 Å². The highest BCUT2D eigenvalue weighted by atomic mass is 32.1. The Labute approximate surface area is 102 Å². The van der Waals surface area contributed by atoms with E-state index < -0.39 is 0 Å². The number of hydrogen-bond acceptors (Lipinski definition) is 3. The Balaban J connectivity index is 1.88. The third-order valence-corrected chi connectivity index (χ3v) is 4.59. The van der Waals surface area contributed by atoms with Gasteiger partial charge in [-0.1, -0.05) is 12.8 Å². The summed E-state index contributed by atoms with van der Waals surface area (Å²) in [6.07, 6.45) is 5.59. The monoisotopic (exact) mass is 238 g/mol. The minimum Gasteiger partial charge on any atom is -0.306 e. The number of nitrogens with zero attached hydrogens (tertiary/aromatic N) is 1. The minimum absolute atomic E-state index is 0.258. The van der Waals surface area contributed by atoms with Crippen molar-refractivity contribution in [2.45, 2.75) is 58.5 Å². The van der Waals surface area contributed by atoms with Crippen LogP contribution in [0.25, 0.3) is 0 Å². The largest absolute Gasteiger partial charge is 0.306 e. The van der Waals surface area contributed by atoms with Crippen LogP contribution in [-0.2, 0) is 6.54 Å². The molecule has 2 nitrogen and oxygen atoms in total. The number of hydrogen-bond donors (Lipinski definition) is 1. The minimum atomic E-state index is 0.258. The summed E-state index contributed by atoms with van der Waals surface area (Å²) in [4.78, 5) is 4.50. The van der Waals surface area contributed by atoms with Crippen LogP contribution < -0.4 is 5.32 Å². The summed E-state index contributed by atoms with van der Waals surface area (Å²) in [5, 5.41) is 7.00. The molecular weight excluding hydrogens is 216 g/mol. The van der Waals surface area contributed by atoms with Crippen LogP contribution in [0.2, 0.25) is 0 Å². The summed E-state index contributed by atoms with van der Waals surface area (Å²) in [7, 11) is 0. The van der Waals surface area contributed by atoms with Crippen LogP contribution in [-0.4, -0.2) is 10.5 Å². The number of thiazole rings is 1. The second-order valence-corrected chi connectivity index (χ2v) is 6.48. The molecule has 1 fully saturated rings. The zero-order chi connectivity index (χ0) is 11.6. The standard InChI is InChI=1S/C13H22N2S/c1-10-15-12(9-16-10)8-14-13(2,3)11-6-4-5-7-11/h9,11,14H,4-8H2,1-3H3. The zero-order valence-electron chi connectivity index (χ0n) is 10.5. The fraction of sp³-hybridized carbons (Fsp3) is 0.769. The van der Waals surface area contributed by atoms with E-state index in [2.05, 4.69) is 36.5 Å². The third kappa shape index (κ3) is 2.83. The molecule has 0 saturated heterocycles. The molecule has 1 heterocycles. The highest BCUT2D eigenvalue weighted by molar-refractivity contribution is 7.09. The molecule has 1 aromatic rings. The van der Waals surface area contributed by atoms with Gasteiger partial charge in [-0.15, -0.1) is 11.3 Å². The maximum absolute atomic E-state index is 4.50. The average Bonchev–Trinajstić information content (AvgIpc) is 2.85. The Morgan fingerprint density at radius 1 is 1.44 bits per heavy atom. The lowest BCUT2D eigenvalue weighted by Gasteiger charge is -2.32. The van der Waals surface area contributed by atoms with E-state index in [-0.39, 0.29) is 5.54 Å². The molecule has 1 aromatic heterocycles. The van der Waals surface area contributed by atoms with Gasteiger partial charge in [0.25, 0.3) is 0 Å². The van der Waals surface area contributed by atoms with Crippen LogP contribution in [0.5, 0.6) is 0 Å². The SMILES string of the molecule is Cc1nc(CNC(C)(C)C2CCCC2)cs1. The van der Waals surface area contributed by atoms with Crippen molar-refractivity contribution in [3.05, 3.63) is 16.1 Å². The lowest BCUT2D eigenvalue weighted by Crippen LogP contribution is -2.44. The molecule has 0 unspecified atom stereocenters. The summed E-state index contributed by atoms with van der Waals surface area (Å²) >= 11 is 1.74. The Hall–Kier alpha value is -0.410. The molecule has 0 atom stereocenters. The van der Waals surface area contributed by atoms with Gasteiger partial charge in [0.15, 0.2) is 0 Å². The quantitative estimate of drug-likeness (QED) is 0.868. The third-order valence-electron chi connectivity index (χ3n) is 3.77. The van der Waals surface area contributed by atoms with Crippen molar-refractivity contribution >= 4 is 11.3 Å². The first-order chi connectivity index (χ1) is 7.58. The molecule has 0 aliphatic heterocycles. The molecule has 1 aliphatic carbocycles. The first kappa shape index (κ1) is 12.1. The highest BCUT2D eigenvalue weighted by Gasteiger charge is 2.31. The van der Waals surface area contributed by atoms with Crippen molar-refractivity contribution in [1.29, 1.82) is 0 Å². The molecule has 16 heavy (non-hydrogen) atoms. The van der Waals surface area contributed by atoms with Gasteiger partial charge in [0.05, 0.1) is 10.7 Å². The maximum Gasteiger partial charge on any atom is 0.0897 e. The van der Waals surface area contributed by atoms with Gasteiger partial charge in [-0.05, 0) is 39.5 Å². The van der Waals surface area contributed by atoms with E-state index in [0.29, 0.717) is 0 Å². The van der Waals surface area contributed by atoms with E-state index in [4.69, 9.17) is 0 Å². The summed E-state index contributed by atoms with van der Waals surface area (Å²) in [6.45, 7) is 7.65. The van der Waals surface area contributed by atoms with E-state index in [1.54, 1.807) is 11.3 Å². The van der Waals surface area contributed by atoms with Gasteiger partial charge in [0.1, 0.15) is 0 Å². The van der Waals surface area contributed by atoms with Crippen molar-refractivity contribution in [2.75, 3.05) is 0 Å². The number of nitrogens with one attached hydrogen (secondary N) is 1. The van der Waals surface area contributed by atoms with E-state index in [0.717, 1.165) is 17.5 Å². The van der Waals surface area contributed by atoms with Gasteiger partial charge in [0.2, 0.25) is 0 Å². The van der Waals surface area contributed by atoms with Crippen molar-refractivity contribution in [3.8, 4) is 0 Å². The molecule has 3 heteroatoms. The second-order valence-electron chi connectivity index (χ2n) is 5.41. The van der Waals surface area contributed by atoms with E-state index in [1.807, 2.05) is 0 Å². The Kier molecular flexibility index (Phi) is 3.65. The first-order valence-corrected chi connectivity index (χ1v) is 7.12. The van der Waals surface area contributed by atoms with Crippen LogP contribution in [0.3, 0.4) is 0 Å². The predicted molar refractivity (Wildman–Crippen MR) is 69.7 cm³/mol. The van der Waals surface area contributed by atoms with Crippen molar-refractivity contribution < 1.29 is 0 Å². The number of rotatable bonds is 4. The summed E-state index contributed by atoms with van der Waals surface area (Å²) in [6, 6.07) is 0. The second kappa shape index (κ2) is 4.84. The Bertz CT molecular complexity index is 337. The van der Waals surface area contributed by atoms with Crippen LogP contribution >= 0.6 is 11.3 Å². The predicted octanol–water partition coefficient (Wildman–Crippen LogP) is 3.51. The lowest BCUT2D eigenvalue weighted by atomic mass is 9.86. The molecule has 2 rings (SSSR count). The summed E-state index contributed by atoms with van der Waals surface area (Å²) in [5.41, 5.74) is 1.45. The normalized spacial score (nSPS) is 18.2. The van der Waals surface area contributed by atoms with Gasteiger partial charge in [0, 0.05) is 17.5 Å². The fourth-order valence-corrected chi connectivity index (χ4v) is 3.21. The number of aryl methyl sites for hydroxylation is 1. The molecule has 0 aromatic carbocycles. The maximum atomic E-state index is 4.50. The van der Waals surface area contributed by atoms with Gasteiger partial charge in [-0.2, -0.15) is 0 Å². The molecular formula is C13H22N2S. The van der Waals surface area contributed by atoms with Crippen LogP contribution in [0.4, 0.5) is 0 Å². The molecule has 0 amide bonds. The molecule has 0 bridgehead atoms. The summed E-state index contributed by atoms with van der Waals surface area (Å²) in [5.74, 6) is 0.840.